The van der Waals surface area contributed by atoms with Crippen LogP contribution in [0.1, 0.15) is 24.8 Å². The molecule has 4 rings (SSSR count). The summed E-state index contributed by atoms with van der Waals surface area (Å²) in [4.78, 5) is 2.30. The van der Waals surface area contributed by atoms with E-state index in [1.54, 1.807) is 8.61 Å². The number of rotatable bonds is 5. The van der Waals surface area contributed by atoms with Crippen LogP contribution in [0.2, 0.25) is 0 Å². The third-order valence-electron chi connectivity index (χ3n) is 5.36. The number of benzene rings is 1. The minimum absolute atomic E-state index is 0.561. The van der Waals surface area contributed by atoms with E-state index < -0.39 is 10.2 Å². The fourth-order valence-corrected chi connectivity index (χ4v) is 5.47. The summed E-state index contributed by atoms with van der Waals surface area (Å²) < 4.78 is 30.8. The summed E-state index contributed by atoms with van der Waals surface area (Å²) in [6, 6.07) is 10.0. The first-order valence-corrected chi connectivity index (χ1v) is 11.1. The Morgan fingerprint density at radius 3 is 2.22 bits per heavy atom. The van der Waals surface area contributed by atoms with Crippen LogP contribution in [0, 0.1) is 0 Å². The van der Waals surface area contributed by atoms with Gasteiger partial charge in [-0.2, -0.15) is 22.1 Å². The third-order valence-corrected chi connectivity index (χ3v) is 7.40. The normalized spacial score (nSPS) is 20.7. The van der Waals surface area contributed by atoms with Gasteiger partial charge in [-0.3, -0.25) is 4.90 Å². The second-order valence-corrected chi connectivity index (χ2v) is 9.20. The molecule has 0 amide bonds. The third kappa shape index (κ3) is 4.24. The molecule has 0 aliphatic carbocycles. The summed E-state index contributed by atoms with van der Waals surface area (Å²) in [6.45, 7) is 4.76. The highest BCUT2D eigenvalue weighted by Gasteiger charge is 2.32. The van der Waals surface area contributed by atoms with Crippen molar-refractivity contribution in [3.8, 4) is 5.69 Å². The van der Waals surface area contributed by atoms with Crippen molar-refractivity contribution in [2.75, 3.05) is 39.3 Å². The summed E-state index contributed by atoms with van der Waals surface area (Å²) in [5.41, 5.74) is 2.19. The quantitative estimate of drug-likeness (QED) is 0.781. The molecule has 146 valence electrons. The van der Waals surface area contributed by atoms with Gasteiger partial charge in [0.25, 0.3) is 10.2 Å². The van der Waals surface area contributed by atoms with Gasteiger partial charge in [-0.05, 0) is 25.0 Å². The van der Waals surface area contributed by atoms with Crippen LogP contribution in [-0.4, -0.2) is 71.0 Å². The molecule has 2 aromatic rings. The molecule has 7 nitrogen and oxygen atoms in total. The molecule has 0 bridgehead atoms. The summed E-state index contributed by atoms with van der Waals surface area (Å²) in [5.74, 6) is 0. The van der Waals surface area contributed by atoms with Gasteiger partial charge in [0.15, 0.2) is 0 Å². The van der Waals surface area contributed by atoms with Gasteiger partial charge in [0, 0.05) is 57.6 Å². The Morgan fingerprint density at radius 1 is 0.852 bits per heavy atom. The second kappa shape index (κ2) is 8.10. The Morgan fingerprint density at radius 2 is 1.52 bits per heavy atom. The van der Waals surface area contributed by atoms with Crippen LogP contribution in [0.4, 0.5) is 0 Å². The molecule has 27 heavy (non-hydrogen) atoms. The van der Waals surface area contributed by atoms with E-state index in [1.807, 2.05) is 47.4 Å². The van der Waals surface area contributed by atoms with E-state index >= 15 is 0 Å². The number of aromatic nitrogens is 2. The fourth-order valence-electron chi connectivity index (χ4n) is 3.80. The lowest BCUT2D eigenvalue weighted by Crippen LogP contribution is -2.53. The fraction of sp³-hybridized carbons (Fsp3) is 0.526. The average molecular weight is 390 g/mol. The van der Waals surface area contributed by atoms with Gasteiger partial charge in [0.1, 0.15) is 0 Å². The van der Waals surface area contributed by atoms with Crippen molar-refractivity contribution in [2.45, 2.75) is 25.8 Å². The Balaban J connectivity index is 1.33. The van der Waals surface area contributed by atoms with Gasteiger partial charge in [-0.25, -0.2) is 4.68 Å². The van der Waals surface area contributed by atoms with E-state index in [-0.39, 0.29) is 0 Å². The van der Waals surface area contributed by atoms with Gasteiger partial charge in [-0.1, -0.05) is 24.6 Å². The molecule has 3 heterocycles. The molecule has 2 saturated heterocycles. The van der Waals surface area contributed by atoms with Gasteiger partial charge < -0.3 is 0 Å². The van der Waals surface area contributed by atoms with Crippen molar-refractivity contribution in [1.29, 1.82) is 0 Å². The van der Waals surface area contributed by atoms with E-state index in [4.69, 9.17) is 0 Å². The Labute approximate surface area is 161 Å². The lowest BCUT2D eigenvalue weighted by molar-refractivity contribution is 0.173. The van der Waals surface area contributed by atoms with Crippen LogP contribution in [0.25, 0.3) is 5.69 Å². The zero-order valence-corrected chi connectivity index (χ0v) is 16.4. The molecule has 2 fully saturated rings. The first-order chi connectivity index (χ1) is 13.1. The van der Waals surface area contributed by atoms with E-state index in [0.29, 0.717) is 26.2 Å². The maximum atomic E-state index is 12.8. The smallest absolute Gasteiger partial charge is 0.282 e. The Hall–Kier alpha value is -1.74. The summed E-state index contributed by atoms with van der Waals surface area (Å²) in [5, 5.41) is 4.44. The van der Waals surface area contributed by atoms with E-state index in [2.05, 4.69) is 10.00 Å². The van der Waals surface area contributed by atoms with Crippen LogP contribution in [0.5, 0.6) is 0 Å². The number of piperazine rings is 1. The lowest BCUT2D eigenvalue weighted by Gasteiger charge is -2.37. The minimum atomic E-state index is -3.29. The first kappa shape index (κ1) is 18.6. The standard InChI is InChI=1S/C19H27N5O2S/c25-27(26,22-9-5-2-6-10-22)23-13-11-21(12-14-23)16-18-15-20-24(17-18)19-7-3-1-4-8-19/h1,3-4,7-8,15,17H,2,5-6,9-14,16H2. The van der Waals surface area contributed by atoms with Gasteiger partial charge in [0.2, 0.25) is 0 Å². The topological polar surface area (TPSA) is 61.7 Å². The average Bonchev–Trinajstić information content (AvgIpc) is 3.18. The molecule has 0 N–H and O–H groups in total. The zero-order chi connectivity index (χ0) is 18.7. The summed E-state index contributed by atoms with van der Waals surface area (Å²) in [7, 11) is -3.29. The van der Waals surface area contributed by atoms with Crippen molar-refractivity contribution < 1.29 is 8.42 Å². The van der Waals surface area contributed by atoms with Crippen molar-refractivity contribution in [3.05, 3.63) is 48.3 Å². The van der Waals surface area contributed by atoms with Crippen molar-refractivity contribution in [1.82, 2.24) is 23.3 Å². The molecule has 0 spiro atoms. The molecule has 0 saturated carbocycles. The zero-order valence-electron chi connectivity index (χ0n) is 15.6. The first-order valence-electron chi connectivity index (χ1n) is 9.69. The van der Waals surface area contributed by atoms with Gasteiger partial charge in [0.05, 0.1) is 11.9 Å². The van der Waals surface area contributed by atoms with Crippen LogP contribution in [0.3, 0.4) is 0 Å². The SMILES string of the molecule is O=S(=O)(N1CCCCC1)N1CCN(Cc2cnn(-c3ccccc3)c2)CC1. The van der Waals surface area contributed by atoms with Crippen LogP contribution in [0.15, 0.2) is 42.7 Å². The highest BCUT2D eigenvalue weighted by molar-refractivity contribution is 7.86. The van der Waals surface area contributed by atoms with Crippen LogP contribution in [-0.2, 0) is 16.8 Å². The molecular formula is C19H27N5O2S. The molecule has 8 heteroatoms. The molecule has 0 radical (unpaired) electrons. The molecule has 0 unspecified atom stereocenters. The number of hydrogen-bond acceptors (Lipinski definition) is 4. The van der Waals surface area contributed by atoms with E-state index in [0.717, 1.165) is 50.1 Å². The molecular weight excluding hydrogens is 362 g/mol. The molecule has 1 aromatic carbocycles. The lowest BCUT2D eigenvalue weighted by atomic mass is 10.2. The van der Waals surface area contributed by atoms with Crippen molar-refractivity contribution >= 4 is 10.2 Å². The molecule has 1 aromatic heterocycles. The predicted molar refractivity (Wildman–Crippen MR) is 105 cm³/mol. The Kier molecular flexibility index (Phi) is 5.58. The molecule has 2 aliphatic rings. The van der Waals surface area contributed by atoms with Crippen LogP contribution < -0.4 is 0 Å². The van der Waals surface area contributed by atoms with E-state index in [1.165, 1.54) is 0 Å². The highest BCUT2D eigenvalue weighted by atomic mass is 32.2. The van der Waals surface area contributed by atoms with E-state index in [9.17, 15) is 8.42 Å². The molecule has 0 atom stereocenters. The maximum Gasteiger partial charge on any atom is 0.282 e. The summed E-state index contributed by atoms with van der Waals surface area (Å²) >= 11 is 0. The maximum absolute atomic E-state index is 12.8. The Bertz CT molecular complexity index is 838. The monoisotopic (exact) mass is 389 g/mol. The molecule has 2 aliphatic heterocycles. The predicted octanol–water partition coefficient (Wildman–Crippen LogP) is 1.72. The minimum Gasteiger partial charge on any atom is -0.296 e. The number of para-hydroxylation sites is 1. The van der Waals surface area contributed by atoms with Crippen LogP contribution >= 0.6 is 0 Å². The van der Waals surface area contributed by atoms with Crippen molar-refractivity contribution in [3.63, 3.8) is 0 Å². The summed E-state index contributed by atoms with van der Waals surface area (Å²) in [6.07, 6.45) is 7.03. The number of piperidine rings is 1. The second-order valence-electron chi connectivity index (χ2n) is 7.27. The number of nitrogens with zero attached hydrogens (tertiary/aromatic N) is 5. The number of hydrogen-bond donors (Lipinski definition) is 0. The largest absolute Gasteiger partial charge is 0.296 e. The van der Waals surface area contributed by atoms with Crippen molar-refractivity contribution in [2.24, 2.45) is 0 Å². The highest BCUT2D eigenvalue weighted by Crippen LogP contribution is 2.19. The van der Waals surface area contributed by atoms with Gasteiger partial charge >= 0.3 is 0 Å². The van der Waals surface area contributed by atoms with Gasteiger partial charge in [-0.15, -0.1) is 0 Å².